The molecule has 0 unspecified atom stereocenters. The second-order valence-corrected chi connectivity index (χ2v) is 6.58. The van der Waals surface area contributed by atoms with Crippen LogP contribution in [0, 0.1) is 0 Å². The highest BCUT2D eigenvalue weighted by Gasteiger charge is 2.50. The molecular formula is C17H19O5P. The van der Waals surface area contributed by atoms with Crippen LogP contribution in [0.3, 0.4) is 0 Å². The van der Waals surface area contributed by atoms with Gasteiger partial charge in [0.2, 0.25) is 0 Å². The quantitative estimate of drug-likeness (QED) is 0.481. The maximum Gasteiger partial charge on any atom is 0.389 e. The van der Waals surface area contributed by atoms with Crippen molar-refractivity contribution in [1.29, 1.82) is 0 Å². The summed E-state index contributed by atoms with van der Waals surface area (Å²) in [4.78, 5) is 19.1. The van der Waals surface area contributed by atoms with E-state index in [4.69, 9.17) is 9.47 Å². The monoisotopic (exact) mass is 334 g/mol. The van der Waals surface area contributed by atoms with Gasteiger partial charge in [0.1, 0.15) is 0 Å². The Morgan fingerprint density at radius 1 is 0.870 bits per heavy atom. The van der Waals surface area contributed by atoms with Crippen LogP contribution < -0.4 is 0 Å². The van der Waals surface area contributed by atoms with E-state index in [-0.39, 0.29) is 5.56 Å². The van der Waals surface area contributed by atoms with E-state index >= 15 is 0 Å². The van der Waals surface area contributed by atoms with Gasteiger partial charge in [-0.3, -0.25) is 4.57 Å². The van der Waals surface area contributed by atoms with Crippen molar-refractivity contribution in [3.05, 3.63) is 71.3 Å². The highest BCUT2D eigenvalue weighted by atomic mass is 31.2. The predicted molar refractivity (Wildman–Crippen MR) is 89.6 cm³/mol. The molecule has 0 spiro atoms. The minimum absolute atomic E-state index is 0.257. The fraction of sp³-hybridized carbons (Fsp3) is 0.176. The van der Waals surface area contributed by atoms with Crippen LogP contribution in [0.1, 0.15) is 16.7 Å². The number of hydrogen-bond acceptors (Lipinski definition) is 3. The molecule has 0 saturated carbocycles. The summed E-state index contributed by atoms with van der Waals surface area (Å²) in [6.07, 6.45) is 3.87. The Balaban J connectivity index is 2.28. The predicted octanol–water partition coefficient (Wildman–Crippen LogP) is 3.44. The zero-order chi connectivity index (χ0) is 16.9. The zero-order valence-corrected chi connectivity index (χ0v) is 13.8. The number of hydrogen-bond donors (Lipinski definition) is 2. The van der Waals surface area contributed by atoms with Crippen molar-refractivity contribution in [3.8, 4) is 0 Å². The summed E-state index contributed by atoms with van der Waals surface area (Å²) in [6, 6.07) is 16.5. The molecule has 0 heterocycles. The average Bonchev–Trinajstić information content (AvgIpc) is 2.55. The van der Waals surface area contributed by atoms with E-state index in [0.717, 1.165) is 11.1 Å². The Labute approximate surface area is 135 Å². The summed E-state index contributed by atoms with van der Waals surface area (Å²) in [5.74, 6) is 0. The molecule has 0 amide bonds. The molecule has 2 rings (SSSR count). The van der Waals surface area contributed by atoms with Gasteiger partial charge in [0, 0.05) is 19.8 Å². The standard InChI is InChI=1S/C17H19O5P/c1-21-17(22-2,23(18,19)20)16-12-10-15(11-13-16)9-8-14-6-4-3-5-7-14/h3-13H,1-2H3,(H2,18,19,20). The largest absolute Gasteiger partial charge is 0.389 e. The highest BCUT2D eigenvalue weighted by molar-refractivity contribution is 7.52. The lowest BCUT2D eigenvalue weighted by Crippen LogP contribution is -2.30. The van der Waals surface area contributed by atoms with E-state index in [1.165, 1.54) is 14.2 Å². The molecule has 2 aromatic rings. The van der Waals surface area contributed by atoms with Crippen molar-refractivity contribution >= 4 is 19.7 Å². The maximum absolute atomic E-state index is 11.7. The van der Waals surface area contributed by atoms with Crippen molar-refractivity contribution in [2.45, 2.75) is 5.53 Å². The Bertz CT molecular complexity index is 700. The van der Waals surface area contributed by atoms with Crippen LogP contribution in [0.15, 0.2) is 54.6 Å². The molecule has 0 aromatic heterocycles. The van der Waals surface area contributed by atoms with Crippen LogP contribution in [0.25, 0.3) is 12.2 Å². The fourth-order valence-corrected chi connectivity index (χ4v) is 3.25. The first-order chi connectivity index (χ1) is 10.9. The fourth-order valence-electron chi connectivity index (χ4n) is 2.29. The molecule has 2 N–H and O–H groups in total. The SMILES string of the molecule is COC(OC)(c1ccc(C=Cc2ccccc2)cc1)P(=O)(O)O. The lowest BCUT2D eigenvalue weighted by atomic mass is 10.1. The Morgan fingerprint density at radius 2 is 1.35 bits per heavy atom. The van der Waals surface area contributed by atoms with Crippen molar-refractivity contribution in [3.63, 3.8) is 0 Å². The topological polar surface area (TPSA) is 76.0 Å². The van der Waals surface area contributed by atoms with Gasteiger partial charge in [-0.2, -0.15) is 0 Å². The van der Waals surface area contributed by atoms with E-state index in [0.29, 0.717) is 0 Å². The van der Waals surface area contributed by atoms with Gasteiger partial charge in [-0.05, 0) is 11.1 Å². The van der Waals surface area contributed by atoms with Crippen LogP contribution in [-0.4, -0.2) is 24.0 Å². The molecule has 0 bridgehead atoms. The van der Waals surface area contributed by atoms with Gasteiger partial charge in [0.25, 0.3) is 5.53 Å². The molecule has 2 aromatic carbocycles. The average molecular weight is 334 g/mol. The summed E-state index contributed by atoms with van der Waals surface area (Å²) < 4.78 is 21.7. The number of methoxy groups -OCH3 is 2. The van der Waals surface area contributed by atoms with Gasteiger partial charge < -0.3 is 19.3 Å². The van der Waals surface area contributed by atoms with Crippen LogP contribution in [0.5, 0.6) is 0 Å². The third kappa shape index (κ3) is 3.78. The van der Waals surface area contributed by atoms with E-state index in [2.05, 4.69) is 0 Å². The van der Waals surface area contributed by atoms with Gasteiger partial charge >= 0.3 is 7.60 Å². The van der Waals surface area contributed by atoms with Crippen LogP contribution in [-0.2, 0) is 19.6 Å². The van der Waals surface area contributed by atoms with Crippen molar-refractivity contribution in [2.75, 3.05) is 14.2 Å². The van der Waals surface area contributed by atoms with Gasteiger partial charge in [-0.25, -0.2) is 0 Å². The summed E-state index contributed by atoms with van der Waals surface area (Å²) in [5.41, 5.74) is 0.126. The van der Waals surface area contributed by atoms with Gasteiger partial charge in [-0.1, -0.05) is 66.7 Å². The smallest absolute Gasteiger partial charge is 0.340 e. The first-order valence-electron chi connectivity index (χ1n) is 6.92. The number of rotatable bonds is 6. The molecule has 122 valence electrons. The van der Waals surface area contributed by atoms with E-state index in [9.17, 15) is 14.4 Å². The third-order valence-electron chi connectivity index (χ3n) is 3.48. The molecule has 0 fully saturated rings. The summed E-state index contributed by atoms with van der Waals surface area (Å²) >= 11 is 0. The lowest BCUT2D eigenvalue weighted by molar-refractivity contribution is -0.162. The first kappa shape index (κ1) is 17.6. The minimum Gasteiger partial charge on any atom is -0.340 e. The van der Waals surface area contributed by atoms with E-state index < -0.39 is 13.1 Å². The lowest BCUT2D eigenvalue weighted by Gasteiger charge is -2.31. The molecule has 0 atom stereocenters. The Kier molecular flexibility index (Phi) is 5.52. The van der Waals surface area contributed by atoms with Crippen molar-refractivity contribution in [1.82, 2.24) is 0 Å². The van der Waals surface area contributed by atoms with Crippen LogP contribution in [0.4, 0.5) is 0 Å². The van der Waals surface area contributed by atoms with Gasteiger partial charge in [0.05, 0.1) is 0 Å². The molecule has 0 radical (unpaired) electrons. The molecule has 0 aliphatic rings. The second-order valence-electron chi connectivity index (χ2n) is 4.90. The molecule has 6 heteroatoms. The Morgan fingerprint density at radius 3 is 1.78 bits per heavy atom. The maximum atomic E-state index is 11.7. The molecule has 0 aliphatic carbocycles. The number of ether oxygens (including phenoxy) is 2. The molecule has 0 saturated heterocycles. The third-order valence-corrected chi connectivity index (χ3v) is 4.87. The molecule has 5 nitrogen and oxygen atoms in total. The molecule has 23 heavy (non-hydrogen) atoms. The summed E-state index contributed by atoms with van der Waals surface area (Å²) in [6.45, 7) is 0. The van der Waals surface area contributed by atoms with E-state index in [1.54, 1.807) is 24.3 Å². The number of benzene rings is 2. The second kappa shape index (κ2) is 7.21. The molecular weight excluding hydrogens is 315 g/mol. The van der Waals surface area contributed by atoms with Gasteiger partial charge in [-0.15, -0.1) is 0 Å². The highest BCUT2D eigenvalue weighted by Crippen LogP contribution is 2.57. The molecule has 0 aliphatic heterocycles. The first-order valence-corrected chi connectivity index (χ1v) is 8.54. The zero-order valence-electron chi connectivity index (χ0n) is 12.9. The van der Waals surface area contributed by atoms with Crippen molar-refractivity contribution in [2.24, 2.45) is 0 Å². The van der Waals surface area contributed by atoms with Crippen LogP contribution in [0.2, 0.25) is 0 Å². The summed E-state index contributed by atoms with van der Waals surface area (Å²) in [7, 11) is -2.27. The van der Waals surface area contributed by atoms with Crippen LogP contribution >= 0.6 is 7.60 Å². The van der Waals surface area contributed by atoms with Gasteiger partial charge in [0.15, 0.2) is 0 Å². The Hall–Kier alpha value is -1.75. The summed E-state index contributed by atoms with van der Waals surface area (Å²) in [5, 5.41) is 0. The van der Waals surface area contributed by atoms with E-state index in [1.807, 2.05) is 42.5 Å². The normalized spacial score (nSPS) is 12.7. The van der Waals surface area contributed by atoms with Crippen molar-refractivity contribution < 1.29 is 23.8 Å². The minimum atomic E-state index is -4.67.